The van der Waals surface area contributed by atoms with E-state index in [-0.39, 0.29) is 5.69 Å². The smallest absolute Gasteiger partial charge is 0.337 e. The van der Waals surface area contributed by atoms with Gasteiger partial charge in [0.05, 0.1) is 23.0 Å². The molecule has 1 N–H and O–H groups in total. The number of aromatic nitrogens is 2. The third-order valence-electron chi connectivity index (χ3n) is 4.94. The van der Waals surface area contributed by atoms with E-state index in [2.05, 4.69) is 18.3 Å². The number of fused-ring (bicyclic) bond motifs is 1. The lowest BCUT2D eigenvalue weighted by Gasteiger charge is -2.09. The zero-order chi connectivity index (χ0) is 22.7. The van der Waals surface area contributed by atoms with E-state index in [0.717, 1.165) is 27.8 Å². The van der Waals surface area contributed by atoms with Gasteiger partial charge in [-0.15, -0.1) is 11.3 Å². The highest BCUT2D eigenvalue weighted by Crippen LogP contribution is 2.32. The number of hydrogen-bond acceptors (Lipinski definition) is 8. The summed E-state index contributed by atoms with van der Waals surface area (Å²) in [6, 6.07) is 15.5. The fourth-order valence-corrected chi connectivity index (χ4v) is 4.22. The summed E-state index contributed by atoms with van der Waals surface area (Å²) in [5, 5.41) is 15.3. The van der Waals surface area contributed by atoms with Gasteiger partial charge in [-0.25, -0.2) is 14.8 Å². The molecular formula is C23H20N4O4S. The lowest BCUT2D eigenvalue weighted by Crippen LogP contribution is -2.04. The van der Waals surface area contributed by atoms with Gasteiger partial charge in [0.1, 0.15) is 10.6 Å². The van der Waals surface area contributed by atoms with Gasteiger partial charge >= 0.3 is 5.97 Å². The minimum atomic E-state index is -0.408. The van der Waals surface area contributed by atoms with E-state index in [9.17, 15) is 14.9 Å². The third kappa shape index (κ3) is 4.42. The number of aryl methyl sites for hydroxylation is 1. The van der Waals surface area contributed by atoms with Crippen LogP contribution in [0.15, 0.2) is 54.6 Å². The van der Waals surface area contributed by atoms with Crippen molar-refractivity contribution in [2.45, 2.75) is 19.9 Å². The van der Waals surface area contributed by atoms with Crippen molar-refractivity contribution in [1.82, 2.24) is 9.97 Å². The number of benzene rings is 2. The Balaban J connectivity index is 1.69. The quantitative estimate of drug-likeness (QED) is 0.234. The van der Waals surface area contributed by atoms with Crippen molar-refractivity contribution < 1.29 is 14.5 Å². The number of nitro groups is 1. The predicted molar refractivity (Wildman–Crippen MR) is 124 cm³/mol. The number of methoxy groups -OCH3 is 1. The molecule has 4 aromatic rings. The number of nitrogens with zero attached hydrogens (tertiary/aromatic N) is 3. The largest absolute Gasteiger partial charge is 0.465 e. The number of nitro benzene ring substituents is 1. The molecule has 2 aromatic carbocycles. The summed E-state index contributed by atoms with van der Waals surface area (Å²) in [6.07, 6.45) is 0.883. The van der Waals surface area contributed by atoms with E-state index in [1.165, 1.54) is 18.1 Å². The molecule has 0 aliphatic carbocycles. The van der Waals surface area contributed by atoms with Crippen molar-refractivity contribution >= 4 is 39.0 Å². The average Bonchev–Trinajstić information content (AvgIpc) is 3.25. The Morgan fingerprint density at radius 1 is 1.16 bits per heavy atom. The Labute approximate surface area is 188 Å². The normalized spacial score (nSPS) is 10.8. The summed E-state index contributed by atoms with van der Waals surface area (Å²) >= 11 is 1.61. The molecule has 162 valence electrons. The number of non-ortho nitro benzene ring substituents is 1. The number of carbonyl (C=O) groups is 1. The van der Waals surface area contributed by atoms with Gasteiger partial charge in [-0.05, 0) is 30.2 Å². The van der Waals surface area contributed by atoms with Gasteiger partial charge in [-0.1, -0.05) is 31.2 Å². The summed E-state index contributed by atoms with van der Waals surface area (Å²) in [6.45, 7) is 2.46. The molecule has 0 saturated heterocycles. The van der Waals surface area contributed by atoms with Crippen LogP contribution in [0.3, 0.4) is 0 Å². The Morgan fingerprint density at radius 2 is 1.94 bits per heavy atom. The predicted octanol–water partition coefficient (Wildman–Crippen LogP) is 5.23. The second-order valence-electron chi connectivity index (χ2n) is 7.03. The molecule has 4 rings (SSSR count). The highest BCUT2D eigenvalue weighted by Gasteiger charge is 2.14. The first-order valence-electron chi connectivity index (χ1n) is 9.95. The van der Waals surface area contributed by atoms with E-state index in [1.807, 2.05) is 6.07 Å². The Kier molecular flexibility index (Phi) is 6.09. The van der Waals surface area contributed by atoms with Crippen molar-refractivity contribution in [3.8, 4) is 11.4 Å². The molecule has 0 aliphatic heterocycles. The van der Waals surface area contributed by atoms with Gasteiger partial charge in [0.25, 0.3) is 5.69 Å². The topological polar surface area (TPSA) is 107 Å². The number of nitrogens with one attached hydrogen (secondary N) is 1. The SMILES string of the molecule is CCc1cc2c(NCc3cccc([N+](=O)[O-])c3)nc(-c3ccc(C(=O)OC)cc3)nc2s1. The minimum absolute atomic E-state index is 0.0484. The van der Waals surface area contributed by atoms with Crippen molar-refractivity contribution in [2.24, 2.45) is 0 Å². The van der Waals surface area contributed by atoms with E-state index < -0.39 is 10.9 Å². The highest BCUT2D eigenvalue weighted by molar-refractivity contribution is 7.18. The van der Waals surface area contributed by atoms with E-state index in [1.54, 1.807) is 47.7 Å². The molecule has 0 amide bonds. The first-order chi connectivity index (χ1) is 15.5. The minimum Gasteiger partial charge on any atom is -0.465 e. The maximum Gasteiger partial charge on any atom is 0.337 e. The van der Waals surface area contributed by atoms with Crippen LogP contribution in [0.2, 0.25) is 0 Å². The summed E-state index contributed by atoms with van der Waals surface area (Å²) in [5.74, 6) is 0.780. The van der Waals surface area contributed by atoms with Gasteiger partial charge in [0.15, 0.2) is 5.82 Å². The highest BCUT2D eigenvalue weighted by atomic mass is 32.1. The summed E-state index contributed by atoms with van der Waals surface area (Å²) < 4.78 is 4.75. The summed E-state index contributed by atoms with van der Waals surface area (Å²) in [7, 11) is 1.34. The van der Waals surface area contributed by atoms with E-state index in [0.29, 0.717) is 23.8 Å². The molecule has 9 heteroatoms. The first kappa shape index (κ1) is 21.4. The first-order valence-corrected chi connectivity index (χ1v) is 10.8. The number of thiophene rings is 1. The standard InChI is InChI=1S/C23H20N4O4S/c1-3-18-12-19-21(24-13-14-5-4-6-17(11-14)27(29)30)25-20(26-22(19)32-18)15-7-9-16(10-8-15)23(28)31-2/h4-12H,3,13H2,1-2H3,(H,24,25,26). The fraction of sp³-hybridized carbons (Fsp3) is 0.174. The van der Waals surface area contributed by atoms with Gasteiger partial charge in [-0.2, -0.15) is 0 Å². The number of esters is 1. The van der Waals surface area contributed by atoms with E-state index in [4.69, 9.17) is 14.7 Å². The van der Waals surface area contributed by atoms with Crippen molar-refractivity contribution in [3.63, 3.8) is 0 Å². The van der Waals surface area contributed by atoms with Crippen LogP contribution in [0.5, 0.6) is 0 Å². The summed E-state index contributed by atoms with van der Waals surface area (Å²) in [5.41, 5.74) is 2.04. The molecule has 0 radical (unpaired) electrons. The summed E-state index contributed by atoms with van der Waals surface area (Å²) in [4.78, 5) is 33.8. The molecule has 8 nitrogen and oxygen atoms in total. The molecule has 2 aromatic heterocycles. The van der Waals surface area contributed by atoms with Gasteiger partial charge in [0, 0.05) is 29.1 Å². The van der Waals surface area contributed by atoms with Crippen LogP contribution in [0.1, 0.15) is 27.7 Å². The maximum atomic E-state index is 11.7. The monoisotopic (exact) mass is 448 g/mol. The molecule has 0 saturated carbocycles. The number of ether oxygens (including phenoxy) is 1. The lowest BCUT2D eigenvalue weighted by molar-refractivity contribution is -0.384. The second-order valence-corrected chi connectivity index (χ2v) is 8.15. The van der Waals surface area contributed by atoms with Crippen LogP contribution < -0.4 is 5.32 Å². The fourth-order valence-electron chi connectivity index (χ4n) is 3.25. The molecule has 0 aliphatic rings. The second kappa shape index (κ2) is 9.11. The molecular weight excluding hydrogens is 428 g/mol. The van der Waals surface area contributed by atoms with E-state index >= 15 is 0 Å². The van der Waals surface area contributed by atoms with Crippen LogP contribution in [0, 0.1) is 10.1 Å². The van der Waals surface area contributed by atoms with Crippen molar-refractivity contribution in [3.05, 3.63) is 80.7 Å². The van der Waals surface area contributed by atoms with Gasteiger partial charge in [0.2, 0.25) is 0 Å². The zero-order valence-corrected chi connectivity index (χ0v) is 18.3. The van der Waals surface area contributed by atoms with Crippen molar-refractivity contribution in [1.29, 1.82) is 0 Å². The van der Waals surface area contributed by atoms with Gasteiger partial charge in [-0.3, -0.25) is 10.1 Å². The number of hydrogen-bond donors (Lipinski definition) is 1. The van der Waals surface area contributed by atoms with Gasteiger partial charge < -0.3 is 10.1 Å². The molecule has 0 spiro atoms. The van der Waals surface area contributed by atoms with Crippen LogP contribution >= 0.6 is 11.3 Å². The Morgan fingerprint density at radius 3 is 2.62 bits per heavy atom. The molecule has 0 bridgehead atoms. The molecule has 32 heavy (non-hydrogen) atoms. The Hall–Kier alpha value is -3.85. The molecule has 0 fully saturated rings. The number of anilines is 1. The van der Waals surface area contributed by atoms with Crippen LogP contribution in [-0.4, -0.2) is 28.0 Å². The average molecular weight is 449 g/mol. The van der Waals surface area contributed by atoms with Crippen molar-refractivity contribution in [2.75, 3.05) is 12.4 Å². The van der Waals surface area contributed by atoms with Crippen LogP contribution in [0.4, 0.5) is 11.5 Å². The third-order valence-corrected chi connectivity index (χ3v) is 6.11. The molecule has 0 atom stereocenters. The van der Waals surface area contributed by atoms with Crippen LogP contribution in [-0.2, 0) is 17.7 Å². The molecule has 2 heterocycles. The number of carbonyl (C=O) groups excluding carboxylic acids is 1. The Bertz CT molecular complexity index is 1300. The maximum absolute atomic E-state index is 11.7. The lowest BCUT2D eigenvalue weighted by atomic mass is 10.1. The molecule has 0 unspecified atom stereocenters. The van der Waals surface area contributed by atoms with Crippen LogP contribution in [0.25, 0.3) is 21.6 Å². The number of rotatable bonds is 7. The zero-order valence-electron chi connectivity index (χ0n) is 17.5.